The van der Waals surface area contributed by atoms with E-state index in [4.69, 9.17) is 0 Å². The molecule has 0 spiro atoms. The minimum Gasteiger partial charge on any atom is -0.508 e. The molecule has 4 N–H and O–H groups in total. The molecular weight excluding hydrogens is 400 g/mol. The van der Waals surface area contributed by atoms with Gasteiger partial charge in [0.25, 0.3) is 0 Å². The van der Waals surface area contributed by atoms with Crippen LogP contribution in [-0.4, -0.2) is 52.4 Å². The molecule has 0 unspecified atom stereocenters. The van der Waals surface area contributed by atoms with E-state index >= 15 is 0 Å². The van der Waals surface area contributed by atoms with Crippen molar-refractivity contribution in [2.45, 2.75) is 38.3 Å². The Balaban J connectivity index is 1.11. The third-order valence-electron chi connectivity index (χ3n) is 6.62. The molecule has 1 aromatic heterocycles. The number of piperidine rings is 1. The lowest BCUT2D eigenvalue weighted by Gasteiger charge is -2.37. The Labute approximate surface area is 189 Å². The Morgan fingerprint density at radius 2 is 1.66 bits per heavy atom. The number of H-pyrrole nitrogens is 1. The average molecular weight is 433 g/mol. The molecule has 2 aliphatic heterocycles. The molecular formula is C25H32N6O. The van der Waals surface area contributed by atoms with Crippen molar-refractivity contribution in [2.75, 3.05) is 41.7 Å². The summed E-state index contributed by atoms with van der Waals surface area (Å²) >= 11 is 0. The molecule has 5 rings (SSSR count). The maximum Gasteiger partial charge on any atom is 0.150 e. The summed E-state index contributed by atoms with van der Waals surface area (Å²) in [6.45, 7) is 5.53. The first kappa shape index (κ1) is 20.7. The summed E-state index contributed by atoms with van der Waals surface area (Å²) in [4.78, 5) is 5.21. The van der Waals surface area contributed by atoms with E-state index in [-0.39, 0.29) is 5.75 Å². The summed E-state index contributed by atoms with van der Waals surface area (Å²) < 4.78 is 0. The molecule has 2 saturated heterocycles. The van der Waals surface area contributed by atoms with E-state index < -0.39 is 0 Å². The van der Waals surface area contributed by atoms with Gasteiger partial charge in [-0.1, -0.05) is 12.1 Å². The number of aromatic hydroxyl groups is 1. The van der Waals surface area contributed by atoms with Crippen LogP contribution in [0.1, 0.15) is 31.2 Å². The zero-order valence-corrected chi connectivity index (χ0v) is 18.4. The molecule has 0 atom stereocenters. The van der Waals surface area contributed by atoms with Gasteiger partial charge in [-0.25, -0.2) is 0 Å². The number of aromatic nitrogens is 2. The molecule has 0 aliphatic carbocycles. The second-order valence-electron chi connectivity index (χ2n) is 8.82. The van der Waals surface area contributed by atoms with Crippen LogP contribution >= 0.6 is 0 Å². The van der Waals surface area contributed by atoms with Crippen LogP contribution in [0.15, 0.2) is 54.6 Å². The van der Waals surface area contributed by atoms with E-state index in [1.54, 1.807) is 12.1 Å². The van der Waals surface area contributed by atoms with Gasteiger partial charge in [-0.3, -0.25) is 5.10 Å². The van der Waals surface area contributed by atoms with Gasteiger partial charge in [0.05, 0.1) is 0 Å². The molecule has 0 amide bonds. The summed E-state index contributed by atoms with van der Waals surface area (Å²) in [6, 6.07) is 18.6. The van der Waals surface area contributed by atoms with Crippen molar-refractivity contribution in [1.29, 1.82) is 0 Å². The number of benzene rings is 2. The van der Waals surface area contributed by atoms with E-state index in [2.05, 4.69) is 54.9 Å². The first-order valence-electron chi connectivity index (χ1n) is 11.7. The van der Waals surface area contributed by atoms with Crippen molar-refractivity contribution in [1.82, 2.24) is 15.1 Å². The summed E-state index contributed by atoms with van der Waals surface area (Å²) in [5.74, 6) is 1.90. The highest BCUT2D eigenvalue weighted by Gasteiger charge is 2.26. The first-order valence-corrected chi connectivity index (χ1v) is 11.7. The second-order valence-corrected chi connectivity index (χ2v) is 8.82. The van der Waals surface area contributed by atoms with Crippen LogP contribution in [0.5, 0.6) is 5.75 Å². The van der Waals surface area contributed by atoms with Crippen molar-refractivity contribution >= 4 is 23.0 Å². The lowest BCUT2D eigenvalue weighted by molar-refractivity contribution is 0.208. The fourth-order valence-electron chi connectivity index (χ4n) is 4.79. The predicted octanol–water partition coefficient (Wildman–Crippen LogP) is 4.54. The van der Waals surface area contributed by atoms with Gasteiger partial charge >= 0.3 is 0 Å². The van der Waals surface area contributed by atoms with Crippen LogP contribution in [0.4, 0.5) is 23.0 Å². The SMILES string of the molecule is Oc1ccc(CNc2cc(Nc3ccc(N4CCC(N5CCCC5)CC4)cc3)[nH]n2)cc1. The predicted molar refractivity (Wildman–Crippen MR) is 130 cm³/mol. The van der Waals surface area contributed by atoms with E-state index in [9.17, 15) is 5.11 Å². The van der Waals surface area contributed by atoms with Gasteiger partial charge in [-0.2, -0.15) is 5.10 Å². The molecule has 0 bridgehead atoms. The van der Waals surface area contributed by atoms with Crippen molar-refractivity contribution < 1.29 is 5.11 Å². The minimum atomic E-state index is 0.276. The lowest BCUT2D eigenvalue weighted by Crippen LogP contribution is -2.43. The topological polar surface area (TPSA) is 79.5 Å². The highest BCUT2D eigenvalue weighted by Crippen LogP contribution is 2.27. The number of likely N-dealkylation sites (tertiary alicyclic amines) is 1. The molecule has 2 aromatic carbocycles. The van der Waals surface area contributed by atoms with Crippen molar-refractivity contribution in [2.24, 2.45) is 0 Å². The highest BCUT2D eigenvalue weighted by atomic mass is 16.3. The fraction of sp³-hybridized carbons (Fsp3) is 0.400. The van der Waals surface area contributed by atoms with Crippen LogP contribution in [-0.2, 0) is 6.54 Å². The van der Waals surface area contributed by atoms with Crippen LogP contribution < -0.4 is 15.5 Å². The van der Waals surface area contributed by atoms with Gasteiger partial charge in [-0.15, -0.1) is 0 Å². The number of phenolic OH excluding ortho intramolecular Hbond substituents is 1. The summed E-state index contributed by atoms with van der Waals surface area (Å²) in [6.07, 6.45) is 5.30. The standard InChI is InChI=1S/C25H32N6O/c32-23-9-3-19(4-10-23)18-26-24-17-25(29-28-24)27-20-5-7-21(8-6-20)31-15-11-22(12-16-31)30-13-1-2-14-30/h3-10,17,22,32H,1-2,11-16,18H2,(H3,26,27,28,29). The molecule has 7 nitrogen and oxygen atoms in total. The first-order chi connectivity index (χ1) is 15.7. The number of anilines is 4. The maximum atomic E-state index is 9.38. The number of nitrogens with one attached hydrogen (secondary N) is 3. The van der Waals surface area contributed by atoms with Gasteiger partial charge in [0, 0.05) is 43.1 Å². The zero-order chi connectivity index (χ0) is 21.8. The van der Waals surface area contributed by atoms with Crippen LogP contribution in [0.2, 0.25) is 0 Å². The van der Waals surface area contributed by atoms with Gasteiger partial charge in [0.15, 0.2) is 0 Å². The number of hydrogen-bond acceptors (Lipinski definition) is 6. The van der Waals surface area contributed by atoms with Gasteiger partial charge in [-0.05, 0) is 80.7 Å². The van der Waals surface area contributed by atoms with Gasteiger partial charge in [0.2, 0.25) is 0 Å². The third kappa shape index (κ3) is 4.99. The van der Waals surface area contributed by atoms with E-state index in [0.29, 0.717) is 6.54 Å². The summed E-state index contributed by atoms with van der Waals surface area (Å²) in [7, 11) is 0. The monoisotopic (exact) mass is 432 g/mol. The van der Waals surface area contributed by atoms with E-state index in [1.165, 1.54) is 44.5 Å². The van der Waals surface area contributed by atoms with E-state index in [1.807, 2.05) is 18.2 Å². The van der Waals surface area contributed by atoms with Crippen LogP contribution in [0.3, 0.4) is 0 Å². The smallest absolute Gasteiger partial charge is 0.150 e. The molecule has 3 aromatic rings. The van der Waals surface area contributed by atoms with Crippen LogP contribution in [0, 0.1) is 0 Å². The Bertz CT molecular complexity index is 986. The molecule has 7 heteroatoms. The summed E-state index contributed by atoms with van der Waals surface area (Å²) in [5, 5.41) is 23.4. The lowest BCUT2D eigenvalue weighted by atomic mass is 10.0. The molecule has 2 fully saturated rings. The number of phenols is 1. The van der Waals surface area contributed by atoms with E-state index in [0.717, 1.165) is 42.0 Å². The number of nitrogens with zero attached hydrogens (tertiary/aromatic N) is 3. The molecule has 2 aliphatic rings. The maximum absolute atomic E-state index is 9.38. The average Bonchev–Trinajstić information content (AvgIpc) is 3.52. The third-order valence-corrected chi connectivity index (χ3v) is 6.62. The molecule has 0 radical (unpaired) electrons. The zero-order valence-electron chi connectivity index (χ0n) is 18.4. The van der Waals surface area contributed by atoms with Gasteiger partial charge in [0.1, 0.15) is 17.4 Å². The Morgan fingerprint density at radius 3 is 2.38 bits per heavy atom. The van der Waals surface area contributed by atoms with Crippen molar-refractivity contribution in [3.8, 4) is 5.75 Å². The van der Waals surface area contributed by atoms with Crippen molar-refractivity contribution in [3.05, 3.63) is 60.2 Å². The van der Waals surface area contributed by atoms with Crippen LogP contribution in [0.25, 0.3) is 0 Å². The highest BCUT2D eigenvalue weighted by molar-refractivity contribution is 5.62. The van der Waals surface area contributed by atoms with Gasteiger partial charge < -0.3 is 25.5 Å². The molecule has 0 saturated carbocycles. The minimum absolute atomic E-state index is 0.276. The molecule has 32 heavy (non-hydrogen) atoms. The molecule has 168 valence electrons. The second kappa shape index (κ2) is 9.53. The largest absolute Gasteiger partial charge is 0.508 e. The normalized spacial score (nSPS) is 17.6. The molecule has 3 heterocycles. The Kier molecular flexibility index (Phi) is 6.16. The number of hydrogen-bond donors (Lipinski definition) is 4. The number of aromatic amines is 1. The number of rotatable bonds is 7. The Morgan fingerprint density at radius 1 is 0.938 bits per heavy atom. The summed E-state index contributed by atoms with van der Waals surface area (Å²) in [5.41, 5.74) is 3.42. The van der Waals surface area contributed by atoms with Crippen molar-refractivity contribution in [3.63, 3.8) is 0 Å². The fourth-order valence-corrected chi connectivity index (χ4v) is 4.79. The Hall–Kier alpha value is -3.19. The quantitative estimate of drug-likeness (QED) is 0.439.